The van der Waals surface area contributed by atoms with E-state index in [1.165, 1.54) is 0 Å². The number of nitrogens with two attached hydrogens (primary N) is 1. The van der Waals surface area contributed by atoms with Crippen molar-refractivity contribution in [2.45, 2.75) is 31.4 Å². The molecule has 0 saturated carbocycles. The van der Waals surface area contributed by atoms with E-state index in [0.717, 1.165) is 19.6 Å². The van der Waals surface area contributed by atoms with Gasteiger partial charge in [0.05, 0.1) is 5.54 Å². The summed E-state index contributed by atoms with van der Waals surface area (Å²) in [5, 5.41) is 18.1. The van der Waals surface area contributed by atoms with Crippen molar-refractivity contribution in [1.82, 2.24) is 4.90 Å². The molecule has 0 spiro atoms. The van der Waals surface area contributed by atoms with Gasteiger partial charge in [-0.3, -0.25) is 0 Å². The first kappa shape index (κ1) is 11.4. The first-order valence-corrected chi connectivity index (χ1v) is 4.91. The predicted molar refractivity (Wildman–Crippen MR) is 51.9 cm³/mol. The van der Waals surface area contributed by atoms with E-state index in [0.29, 0.717) is 12.8 Å². The normalized spacial score (nSPS) is 24.5. The van der Waals surface area contributed by atoms with Gasteiger partial charge in [-0.2, -0.15) is 0 Å². The van der Waals surface area contributed by atoms with E-state index in [4.69, 9.17) is 10.8 Å². The fourth-order valence-corrected chi connectivity index (χ4v) is 1.80. The second kappa shape index (κ2) is 4.25. The van der Waals surface area contributed by atoms with Crippen LogP contribution in [0.5, 0.6) is 0 Å². The van der Waals surface area contributed by atoms with Gasteiger partial charge in [-0.25, -0.2) is 4.79 Å². The standard InChI is InChI=1S/C9H18N2O3/c1-2-11-5-3-9(10,4-6-11)7(12)8(13)14/h7,12H,2-6,10H2,1H3,(H,13,14). The van der Waals surface area contributed by atoms with Crippen molar-refractivity contribution in [3.63, 3.8) is 0 Å². The van der Waals surface area contributed by atoms with Crippen LogP contribution in [0.2, 0.25) is 0 Å². The van der Waals surface area contributed by atoms with E-state index < -0.39 is 17.6 Å². The molecule has 14 heavy (non-hydrogen) atoms. The molecular formula is C9H18N2O3. The zero-order valence-corrected chi connectivity index (χ0v) is 8.44. The van der Waals surface area contributed by atoms with E-state index in [9.17, 15) is 9.90 Å². The number of carboxylic acids is 1. The van der Waals surface area contributed by atoms with Crippen molar-refractivity contribution in [2.24, 2.45) is 5.73 Å². The van der Waals surface area contributed by atoms with Gasteiger partial charge in [0.15, 0.2) is 6.10 Å². The third-order valence-electron chi connectivity index (χ3n) is 3.01. The Hall–Kier alpha value is -0.650. The maximum Gasteiger partial charge on any atom is 0.334 e. The lowest BCUT2D eigenvalue weighted by Gasteiger charge is -2.40. The molecular weight excluding hydrogens is 184 g/mol. The molecule has 0 aromatic rings. The maximum atomic E-state index is 10.6. The number of aliphatic carboxylic acids is 1. The minimum absolute atomic E-state index is 0.536. The molecule has 5 nitrogen and oxygen atoms in total. The Kier molecular flexibility index (Phi) is 3.47. The van der Waals surface area contributed by atoms with Gasteiger partial charge in [0, 0.05) is 0 Å². The summed E-state index contributed by atoms with van der Waals surface area (Å²) in [5.41, 5.74) is 4.92. The van der Waals surface area contributed by atoms with E-state index in [1.54, 1.807) is 0 Å². The van der Waals surface area contributed by atoms with Crippen LogP contribution in [-0.2, 0) is 4.79 Å². The summed E-state index contributed by atoms with van der Waals surface area (Å²) < 4.78 is 0. The van der Waals surface area contributed by atoms with Crippen LogP contribution in [0, 0.1) is 0 Å². The number of aliphatic hydroxyl groups excluding tert-OH is 1. The van der Waals surface area contributed by atoms with Crippen molar-refractivity contribution in [3.8, 4) is 0 Å². The Morgan fingerprint density at radius 3 is 2.43 bits per heavy atom. The van der Waals surface area contributed by atoms with Gasteiger partial charge < -0.3 is 20.8 Å². The molecule has 1 saturated heterocycles. The third-order valence-corrected chi connectivity index (χ3v) is 3.01. The van der Waals surface area contributed by atoms with Crippen molar-refractivity contribution < 1.29 is 15.0 Å². The Labute approximate surface area is 83.5 Å². The van der Waals surface area contributed by atoms with Gasteiger partial charge in [0.25, 0.3) is 0 Å². The monoisotopic (exact) mass is 202 g/mol. The van der Waals surface area contributed by atoms with Gasteiger partial charge >= 0.3 is 5.97 Å². The van der Waals surface area contributed by atoms with Crippen LogP contribution in [0.1, 0.15) is 19.8 Å². The summed E-state index contributed by atoms with van der Waals surface area (Å²) in [5.74, 6) is -1.22. The highest BCUT2D eigenvalue weighted by molar-refractivity contribution is 5.73. The Morgan fingerprint density at radius 1 is 1.57 bits per heavy atom. The molecule has 1 unspecified atom stereocenters. The lowest BCUT2D eigenvalue weighted by molar-refractivity contribution is -0.151. The van der Waals surface area contributed by atoms with Crippen LogP contribution < -0.4 is 5.73 Å². The largest absolute Gasteiger partial charge is 0.479 e. The van der Waals surface area contributed by atoms with Crippen molar-refractivity contribution >= 4 is 5.97 Å². The summed E-state index contributed by atoms with van der Waals surface area (Å²) >= 11 is 0. The quantitative estimate of drug-likeness (QED) is 0.560. The second-order valence-electron chi connectivity index (χ2n) is 3.91. The van der Waals surface area contributed by atoms with Crippen LogP contribution >= 0.6 is 0 Å². The topological polar surface area (TPSA) is 86.8 Å². The first-order chi connectivity index (χ1) is 6.49. The fourth-order valence-electron chi connectivity index (χ4n) is 1.80. The van der Waals surface area contributed by atoms with Gasteiger partial charge in [0.1, 0.15) is 0 Å². The predicted octanol–water partition coefficient (Wildman–Crippen LogP) is -0.755. The molecule has 5 heteroatoms. The number of nitrogens with zero attached hydrogens (tertiary/aromatic N) is 1. The van der Waals surface area contributed by atoms with Crippen LogP contribution in [0.25, 0.3) is 0 Å². The van der Waals surface area contributed by atoms with Gasteiger partial charge in [-0.1, -0.05) is 6.92 Å². The van der Waals surface area contributed by atoms with E-state index in [1.807, 2.05) is 0 Å². The van der Waals surface area contributed by atoms with Crippen molar-refractivity contribution in [2.75, 3.05) is 19.6 Å². The highest BCUT2D eigenvalue weighted by atomic mass is 16.4. The highest BCUT2D eigenvalue weighted by Crippen LogP contribution is 2.23. The average Bonchev–Trinajstić information content (AvgIpc) is 2.18. The minimum Gasteiger partial charge on any atom is -0.479 e. The number of hydrogen-bond donors (Lipinski definition) is 3. The number of piperidine rings is 1. The van der Waals surface area contributed by atoms with Crippen LogP contribution in [0.3, 0.4) is 0 Å². The summed E-state index contributed by atoms with van der Waals surface area (Å²) in [6.07, 6.45) is -0.371. The number of aliphatic hydroxyl groups is 1. The Morgan fingerprint density at radius 2 is 2.07 bits per heavy atom. The molecule has 1 fully saturated rings. The zero-order valence-electron chi connectivity index (χ0n) is 8.44. The summed E-state index contributed by atoms with van der Waals surface area (Å²) in [4.78, 5) is 12.8. The molecule has 0 amide bonds. The Balaban J connectivity index is 2.57. The number of carbonyl (C=O) groups is 1. The molecule has 1 heterocycles. The van der Waals surface area contributed by atoms with E-state index in [-0.39, 0.29) is 0 Å². The summed E-state index contributed by atoms with van der Waals surface area (Å²) in [6.45, 7) is 4.52. The molecule has 1 rings (SSSR count). The molecule has 82 valence electrons. The molecule has 1 aliphatic rings. The molecule has 0 aliphatic carbocycles. The van der Waals surface area contributed by atoms with Gasteiger partial charge in [-0.05, 0) is 32.5 Å². The van der Waals surface area contributed by atoms with Crippen LogP contribution in [0.15, 0.2) is 0 Å². The SMILES string of the molecule is CCN1CCC(N)(C(O)C(=O)O)CC1. The van der Waals surface area contributed by atoms with Gasteiger partial charge in [0.2, 0.25) is 0 Å². The minimum atomic E-state index is -1.44. The number of rotatable bonds is 3. The lowest BCUT2D eigenvalue weighted by atomic mass is 9.83. The van der Waals surface area contributed by atoms with E-state index in [2.05, 4.69) is 11.8 Å². The highest BCUT2D eigenvalue weighted by Gasteiger charge is 2.40. The van der Waals surface area contributed by atoms with Crippen LogP contribution in [-0.4, -0.2) is 52.4 Å². The van der Waals surface area contributed by atoms with E-state index >= 15 is 0 Å². The molecule has 1 aliphatic heterocycles. The first-order valence-electron chi connectivity index (χ1n) is 4.91. The molecule has 4 N–H and O–H groups in total. The molecule has 0 radical (unpaired) electrons. The van der Waals surface area contributed by atoms with Crippen molar-refractivity contribution in [1.29, 1.82) is 0 Å². The third kappa shape index (κ3) is 2.23. The summed E-state index contributed by atoms with van der Waals surface area (Å²) in [7, 11) is 0. The molecule has 1 atom stereocenters. The van der Waals surface area contributed by atoms with Crippen LogP contribution in [0.4, 0.5) is 0 Å². The zero-order chi connectivity index (χ0) is 10.8. The lowest BCUT2D eigenvalue weighted by Crippen LogP contribution is -2.59. The summed E-state index contributed by atoms with van der Waals surface area (Å²) in [6, 6.07) is 0. The van der Waals surface area contributed by atoms with Gasteiger partial charge in [-0.15, -0.1) is 0 Å². The smallest absolute Gasteiger partial charge is 0.334 e. The fraction of sp³-hybridized carbons (Fsp3) is 0.889. The maximum absolute atomic E-state index is 10.6. The second-order valence-corrected chi connectivity index (χ2v) is 3.91. The molecule has 0 aromatic carbocycles. The number of carboxylic acid groups (broad SMARTS) is 1. The average molecular weight is 202 g/mol. The van der Waals surface area contributed by atoms with Crippen molar-refractivity contribution in [3.05, 3.63) is 0 Å². The number of likely N-dealkylation sites (tertiary alicyclic amines) is 1. The molecule has 0 bridgehead atoms. The number of hydrogen-bond acceptors (Lipinski definition) is 4. The Bertz CT molecular complexity index is 212. The molecule has 0 aromatic heterocycles.